The minimum absolute atomic E-state index is 0.134. The lowest BCUT2D eigenvalue weighted by Gasteiger charge is -2.09. The van der Waals surface area contributed by atoms with E-state index < -0.39 is 12.7 Å². The van der Waals surface area contributed by atoms with Crippen molar-refractivity contribution in [2.45, 2.75) is 6.18 Å². The van der Waals surface area contributed by atoms with Crippen molar-refractivity contribution in [1.82, 2.24) is 4.98 Å². The smallest absolute Gasteiger partial charge is 0.361 e. The van der Waals surface area contributed by atoms with Crippen LogP contribution < -0.4 is 5.32 Å². The van der Waals surface area contributed by atoms with Crippen molar-refractivity contribution in [2.75, 3.05) is 11.9 Å². The van der Waals surface area contributed by atoms with Gasteiger partial charge in [0.2, 0.25) is 0 Å². The maximum Gasteiger partial charge on any atom is 0.405 e. The highest BCUT2D eigenvalue weighted by Crippen LogP contribution is 2.23. The maximum atomic E-state index is 12.1. The van der Waals surface area contributed by atoms with Crippen LogP contribution in [-0.4, -0.2) is 24.0 Å². The van der Waals surface area contributed by atoms with Crippen molar-refractivity contribution in [1.29, 1.82) is 0 Å². The number of hydrogen-bond donors (Lipinski definition) is 1. The molecule has 0 saturated carbocycles. The molecule has 0 spiro atoms. The molecule has 0 saturated heterocycles. The van der Waals surface area contributed by atoms with Gasteiger partial charge < -0.3 is 5.32 Å². The molecule has 2 rings (SSSR count). The highest BCUT2D eigenvalue weighted by molar-refractivity contribution is 5.87. The molecule has 1 aromatic carbocycles. The molecule has 3 nitrogen and oxygen atoms in total. The molecular formula is C14H11F3N2O. The number of halogens is 3. The van der Waals surface area contributed by atoms with Crippen LogP contribution >= 0.6 is 0 Å². The number of carbonyl (C=O) groups excluding carboxylic acids is 1. The Kier molecular flexibility index (Phi) is 4.02. The zero-order chi connectivity index (χ0) is 14.6. The minimum atomic E-state index is -4.29. The number of nitrogens with one attached hydrogen (secondary N) is 1. The maximum absolute atomic E-state index is 12.1. The standard InChI is InChI=1S/C14H11F3N2O/c15-14(16,17)9-19-13-6-5-10(7-18-13)12-4-2-1-3-11(12)8-20/h1-8H,9H2,(H,18,19). The third-order valence-electron chi connectivity index (χ3n) is 2.63. The molecule has 20 heavy (non-hydrogen) atoms. The van der Waals surface area contributed by atoms with Crippen molar-refractivity contribution in [2.24, 2.45) is 0 Å². The second-order valence-electron chi connectivity index (χ2n) is 4.11. The average molecular weight is 280 g/mol. The van der Waals surface area contributed by atoms with Gasteiger partial charge in [0, 0.05) is 17.3 Å². The van der Waals surface area contributed by atoms with E-state index in [-0.39, 0.29) is 5.82 Å². The second-order valence-corrected chi connectivity index (χ2v) is 4.11. The van der Waals surface area contributed by atoms with E-state index in [2.05, 4.69) is 10.3 Å². The molecule has 1 heterocycles. The van der Waals surface area contributed by atoms with Gasteiger partial charge in [-0.1, -0.05) is 24.3 Å². The van der Waals surface area contributed by atoms with Gasteiger partial charge in [0.05, 0.1) is 0 Å². The van der Waals surface area contributed by atoms with Crippen molar-refractivity contribution in [3.63, 3.8) is 0 Å². The third kappa shape index (κ3) is 3.57. The molecule has 104 valence electrons. The summed E-state index contributed by atoms with van der Waals surface area (Å²) < 4.78 is 36.2. The number of pyridine rings is 1. The van der Waals surface area contributed by atoms with Crippen LogP contribution in [-0.2, 0) is 0 Å². The van der Waals surface area contributed by atoms with Crippen molar-refractivity contribution in [3.8, 4) is 11.1 Å². The van der Waals surface area contributed by atoms with Crippen molar-refractivity contribution >= 4 is 12.1 Å². The van der Waals surface area contributed by atoms with Crippen molar-refractivity contribution in [3.05, 3.63) is 48.2 Å². The van der Waals surface area contributed by atoms with E-state index in [1.54, 1.807) is 30.3 Å². The summed E-state index contributed by atoms with van der Waals surface area (Å²) in [7, 11) is 0. The molecule has 0 radical (unpaired) electrons. The third-order valence-corrected chi connectivity index (χ3v) is 2.63. The molecule has 0 fully saturated rings. The lowest BCUT2D eigenvalue weighted by molar-refractivity contribution is -0.115. The molecule has 0 bridgehead atoms. The van der Waals surface area contributed by atoms with Gasteiger partial charge in [-0.3, -0.25) is 4.79 Å². The Hall–Kier alpha value is -2.37. The Morgan fingerprint density at radius 2 is 1.90 bits per heavy atom. The predicted octanol–water partition coefficient (Wildman–Crippen LogP) is 3.54. The molecule has 0 amide bonds. The molecule has 1 N–H and O–H groups in total. The fourth-order valence-electron chi connectivity index (χ4n) is 1.71. The molecular weight excluding hydrogens is 269 g/mol. The van der Waals surface area contributed by atoms with E-state index in [9.17, 15) is 18.0 Å². The largest absolute Gasteiger partial charge is 0.405 e. The Labute approximate surface area is 113 Å². The first kappa shape index (κ1) is 14.0. The molecule has 2 aromatic rings. The molecule has 0 aliphatic heterocycles. The van der Waals surface area contributed by atoms with E-state index in [1.165, 1.54) is 12.3 Å². The van der Waals surface area contributed by atoms with Crippen LogP contribution in [0.1, 0.15) is 10.4 Å². The van der Waals surface area contributed by atoms with Crippen molar-refractivity contribution < 1.29 is 18.0 Å². The van der Waals surface area contributed by atoms with Crippen LogP contribution in [0.2, 0.25) is 0 Å². The molecule has 1 aromatic heterocycles. The average Bonchev–Trinajstić information content (AvgIpc) is 2.45. The van der Waals surface area contributed by atoms with Crippen LogP contribution in [0, 0.1) is 0 Å². The molecule has 0 unspecified atom stereocenters. The zero-order valence-electron chi connectivity index (χ0n) is 10.3. The number of alkyl halides is 3. The SMILES string of the molecule is O=Cc1ccccc1-c1ccc(NCC(F)(F)F)nc1. The lowest BCUT2D eigenvalue weighted by Crippen LogP contribution is -2.21. The van der Waals surface area contributed by atoms with Gasteiger partial charge in [-0.2, -0.15) is 13.2 Å². The van der Waals surface area contributed by atoms with Crippen LogP contribution in [0.3, 0.4) is 0 Å². The quantitative estimate of drug-likeness (QED) is 0.871. The number of rotatable bonds is 4. The second kappa shape index (κ2) is 5.73. The van der Waals surface area contributed by atoms with Crippen LogP contribution in [0.4, 0.5) is 19.0 Å². The predicted molar refractivity (Wildman–Crippen MR) is 69.6 cm³/mol. The summed E-state index contributed by atoms with van der Waals surface area (Å²) in [4.78, 5) is 14.8. The summed E-state index contributed by atoms with van der Waals surface area (Å²) in [6.07, 6.45) is -2.13. The topological polar surface area (TPSA) is 42.0 Å². The highest BCUT2D eigenvalue weighted by atomic mass is 19.4. The van der Waals surface area contributed by atoms with Gasteiger partial charge in [0.1, 0.15) is 12.4 Å². The summed E-state index contributed by atoms with van der Waals surface area (Å²) in [6, 6.07) is 10.00. The molecule has 0 atom stereocenters. The fourth-order valence-corrected chi connectivity index (χ4v) is 1.71. The Morgan fingerprint density at radius 3 is 2.50 bits per heavy atom. The number of aldehydes is 1. The van der Waals surface area contributed by atoms with Gasteiger partial charge in [-0.05, 0) is 17.7 Å². The zero-order valence-corrected chi connectivity index (χ0v) is 10.3. The number of nitrogens with zero attached hydrogens (tertiary/aromatic N) is 1. The van der Waals surface area contributed by atoms with E-state index in [0.29, 0.717) is 16.7 Å². The Morgan fingerprint density at radius 1 is 1.15 bits per heavy atom. The first-order chi connectivity index (χ1) is 9.49. The first-order valence-corrected chi connectivity index (χ1v) is 5.81. The highest BCUT2D eigenvalue weighted by Gasteiger charge is 2.26. The van der Waals surface area contributed by atoms with Crippen LogP contribution in [0.5, 0.6) is 0 Å². The van der Waals surface area contributed by atoms with Gasteiger partial charge in [0.15, 0.2) is 6.29 Å². The number of aromatic nitrogens is 1. The summed E-state index contributed by atoms with van der Waals surface area (Å²) in [5.74, 6) is 0.134. The summed E-state index contributed by atoms with van der Waals surface area (Å²) >= 11 is 0. The molecule has 0 aliphatic carbocycles. The fraction of sp³-hybridized carbons (Fsp3) is 0.143. The summed E-state index contributed by atoms with van der Waals surface area (Å²) in [5, 5.41) is 2.19. The van der Waals surface area contributed by atoms with Gasteiger partial charge in [0.25, 0.3) is 0 Å². The number of hydrogen-bond acceptors (Lipinski definition) is 3. The Balaban J connectivity index is 2.18. The number of benzene rings is 1. The minimum Gasteiger partial charge on any atom is -0.361 e. The van der Waals surface area contributed by atoms with Crippen LogP contribution in [0.15, 0.2) is 42.6 Å². The monoisotopic (exact) mass is 280 g/mol. The molecule has 0 aliphatic rings. The summed E-state index contributed by atoms with van der Waals surface area (Å²) in [5.41, 5.74) is 1.87. The van der Waals surface area contributed by atoms with Gasteiger partial charge >= 0.3 is 6.18 Å². The van der Waals surface area contributed by atoms with E-state index in [4.69, 9.17) is 0 Å². The summed E-state index contributed by atoms with van der Waals surface area (Å²) in [6.45, 7) is -1.13. The van der Waals surface area contributed by atoms with Gasteiger partial charge in [-0.25, -0.2) is 4.98 Å². The van der Waals surface area contributed by atoms with Crippen LogP contribution in [0.25, 0.3) is 11.1 Å². The lowest BCUT2D eigenvalue weighted by atomic mass is 10.0. The molecule has 6 heteroatoms. The van der Waals surface area contributed by atoms with E-state index >= 15 is 0 Å². The first-order valence-electron chi connectivity index (χ1n) is 5.81. The Bertz CT molecular complexity index is 594. The van der Waals surface area contributed by atoms with Gasteiger partial charge in [-0.15, -0.1) is 0 Å². The van der Waals surface area contributed by atoms with E-state index in [1.807, 2.05) is 0 Å². The van der Waals surface area contributed by atoms with E-state index in [0.717, 1.165) is 6.29 Å². The normalized spacial score (nSPS) is 11.2. The number of carbonyl (C=O) groups is 1. The number of anilines is 1.